The number of likely N-dealkylation sites (N-methyl/N-ethyl adjacent to an activating group) is 1. The molecule has 0 aromatic heterocycles. The molecular formula is C32H49NO3. The minimum absolute atomic E-state index is 0.0271. The van der Waals surface area contributed by atoms with Crippen molar-refractivity contribution >= 4 is 0 Å². The van der Waals surface area contributed by atoms with Gasteiger partial charge in [0.25, 0.3) is 0 Å². The van der Waals surface area contributed by atoms with Crippen molar-refractivity contribution in [1.82, 2.24) is 4.90 Å². The third-order valence-electron chi connectivity index (χ3n) is 7.47. The summed E-state index contributed by atoms with van der Waals surface area (Å²) < 4.78 is 20.0. The molecule has 0 aliphatic heterocycles. The fourth-order valence-electron chi connectivity index (χ4n) is 5.25. The molecule has 0 saturated heterocycles. The smallest absolute Gasteiger partial charge is 0.150 e. The van der Waals surface area contributed by atoms with Gasteiger partial charge in [-0.1, -0.05) is 113 Å². The summed E-state index contributed by atoms with van der Waals surface area (Å²) >= 11 is 0. The summed E-state index contributed by atoms with van der Waals surface area (Å²) in [5.41, 5.74) is 1.97. The molecule has 200 valence electrons. The Kier molecular flexibility index (Phi) is 13.0. The van der Waals surface area contributed by atoms with Gasteiger partial charge in [-0.3, -0.25) is 4.90 Å². The van der Waals surface area contributed by atoms with Crippen LogP contribution in [0.4, 0.5) is 0 Å². The number of hydrogen-bond acceptors (Lipinski definition) is 4. The van der Waals surface area contributed by atoms with E-state index in [2.05, 4.69) is 86.5 Å². The van der Waals surface area contributed by atoms with Crippen molar-refractivity contribution in [2.45, 2.75) is 109 Å². The van der Waals surface area contributed by atoms with Crippen LogP contribution in [0.2, 0.25) is 0 Å². The molecule has 0 radical (unpaired) electrons. The van der Waals surface area contributed by atoms with Gasteiger partial charge in [0.15, 0.2) is 0 Å². The predicted octanol–water partition coefficient (Wildman–Crippen LogP) is 7.76. The molecule has 1 fully saturated rings. The molecule has 0 unspecified atom stereocenters. The first-order valence-electron chi connectivity index (χ1n) is 14.3. The van der Waals surface area contributed by atoms with Crippen LogP contribution in [-0.4, -0.2) is 43.0 Å². The Labute approximate surface area is 220 Å². The summed E-state index contributed by atoms with van der Waals surface area (Å²) in [5.74, 6) is 0. The highest BCUT2D eigenvalue weighted by atomic mass is 16.6. The second-order valence-corrected chi connectivity index (χ2v) is 10.4. The molecule has 0 heterocycles. The van der Waals surface area contributed by atoms with Gasteiger partial charge in [-0.2, -0.15) is 0 Å². The molecular weight excluding hydrogens is 446 g/mol. The van der Waals surface area contributed by atoms with Crippen LogP contribution < -0.4 is 0 Å². The number of benzene rings is 2. The Morgan fingerprint density at radius 2 is 1.33 bits per heavy atom. The number of unbranched alkanes of at least 4 members (excludes halogenated alkanes) is 6. The highest BCUT2D eigenvalue weighted by molar-refractivity contribution is 5.14. The van der Waals surface area contributed by atoms with E-state index in [1.165, 1.54) is 56.1 Å². The van der Waals surface area contributed by atoms with Crippen LogP contribution in [0.15, 0.2) is 60.7 Å². The van der Waals surface area contributed by atoms with Gasteiger partial charge in [-0.15, -0.1) is 0 Å². The van der Waals surface area contributed by atoms with Crippen LogP contribution in [-0.2, 0) is 27.4 Å². The van der Waals surface area contributed by atoms with E-state index in [9.17, 15) is 0 Å². The molecule has 0 N–H and O–H groups in total. The lowest BCUT2D eigenvalue weighted by Gasteiger charge is -2.43. The van der Waals surface area contributed by atoms with E-state index in [0.29, 0.717) is 13.2 Å². The van der Waals surface area contributed by atoms with Crippen LogP contribution in [0.3, 0.4) is 0 Å². The molecule has 0 amide bonds. The Hall–Kier alpha value is -1.72. The lowest BCUT2D eigenvalue weighted by molar-refractivity contribution is -0.211. The summed E-state index contributed by atoms with van der Waals surface area (Å²) in [5, 5.41) is 0. The fraction of sp³-hybridized carbons (Fsp3) is 0.625. The number of ether oxygens (including phenoxy) is 3. The zero-order valence-corrected chi connectivity index (χ0v) is 23.0. The van der Waals surface area contributed by atoms with Gasteiger partial charge < -0.3 is 14.2 Å². The summed E-state index contributed by atoms with van der Waals surface area (Å²) in [7, 11) is 2.23. The lowest BCUT2D eigenvalue weighted by atomic mass is 10.1. The van der Waals surface area contributed by atoms with E-state index in [-0.39, 0.29) is 12.2 Å². The first-order chi connectivity index (χ1) is 17.7. The van der Waals surface area contributed by atoms with Crippen molar-refractivity contribution in [3.63, 3.8) is 0 Å². The average molecular weight is 496 g/mol. The number of nitrogens with zero attached hydrogens (tertiary/aromatic N) is 1. The van der Waals surface area contributed by atoms with Gasteiger partial charge in [0.05, 0.1) is 19.3 Å². The van der Waals surface area contributed by atoms with Crippen molar-refractivity contribution in [2.75, 3.05) is 20.2 Å². The molecule has 1 aliphatic rings. The monoisotopic (exact) mass is 495 g/mol. The van der Waals surface area contributed by atoms with Gasteiger partial charge in [-0.25, -0.2) is 0 Å². The Morgan fingerprint density at radius 3 is 1.97 bits per heavy atom. The van der Waals surface area contributed by atoms with Crippen LogP contribution in [0.1, 0.15) is 89.2 Å². The third kappa shape index (κ3) is 8.99. The van der Waals surface area contributed by atoms with Gasteiger partial charge in [0.2, 0.25) is 0 Å². The molecule has 3 rings (SSSR count). The number of hydrogen-bond donors (Lipinski definition) is 0. The maximum absolute atomic E-state index is 6.87. The second kappa shape index (κ2) is 16.2. The highest BCUT2D eigenvalue weighted by Gasteiger charge is 2.52. The molecule has 1 saturated carbocycles. The molecule has 3 atom stereocenters. The molecule has 0 spiro atoms. The Balaban J connectivity index is 1.72. The van der Waals surface area contributed by atoms with Crippen molar-refractivity contribution in [3.05, 3.63) is 71.8 Å². The zero-order valence-electron chi connectivity index (χ0n) is 23.0. The van der Waals surface area contributed by atoms with Crippen LogP contribution in [0.25, 0.3) is 0 Å². The van der Waals surface area contributed by atoms with E-state index in [1.807, 2.05) is 0 Å². The minimum Gasteiger partial charge on any atom is -0.373 e. The van der Waals surface area contributed by atoms with Gasteiger partial charge >= 0.3 is 0 Å². The van der Waals surface area contributed by atoms with Crippen LogP contribution in [0, 0.1) is 0 Å². The van der Waals surface area contributed by atoms with E-state index in [0.717, 1.165) is 32.4 Å². The SMILES string of the molecule is CCCCCCCO[C@@]1(N(C)CCCCC)C[C@@H](OCc2ccccc2)C[C@H]1OCc1ccccc1. The van der Waals surface area contributed by atoms with Gasteiger partial charge in [0, 0.05) is 26.0 Å². The van der Waals surface area contributed by atoms with Crippen molar-refractivity contribution in [3.8, 4) is 0 Å². The topological polar surface area (TPSA) is 30.9 Å². The second-order valence-electron chi connectivity index (χ2n) is 10.4. The minimum atomic E-state index is -0.450. The highest BCUT2D eigenvalue weighted by Crippen LogP contribution is 2.41. The largest absolute Gasteiger partial charge is 0.373 e. The maximum atomic E-state index is 6.87. The first-order valence-corrected chi connectivity index (χ1v) is 14.3. The normalized spacial score (nSPS) is 21.9. The van der Waals surface area contributed by atoms with Gasteiger partial charge in [0.1, 0.15) is 11.8 Å². The first kappa shape index (κ1) is 28.8. The Bertz CT molecular complexity index is 815. The van der Waals surface area contributed by atoms with Crippen LogP contribution in [0.5, 0.6) is 0 Å². The maximum Gasteiger partial charge on any atom is 0.150 e. The van der Waals surface area contributed by atoms with E-state index < -0.39 is 5.72 Å². The molecule has 1 aliphatic carbocycles. The average Bonchev–Trinajstić information content (AvgIpc) is 3.28. The number of rotatable bonds is 18. The zero-order chi connectivity index (χ0) is 25.5. The quantitative estimate of drug-likeness (QED) is 0.156. The molecule has 0 bridgehead atoms. The van der Waals surface area contributed by atoms with Gasteiger partial charge in [-0.05, 0) is 31.0 Å². The molecule has 36 heavy (non-hydrogen) atoms. The summed E-state index contributed by atoms with van der Waals surface area (Å²) in [6.07, 6.45) is 11.6. The summed E-state index contributed by atoms with van der Waals surface area (Å²) in [6.45, 7) is 7.54. The summed E-state index contributed by atoms with van der Waals surface area (Å²) in [4.78, 5) is 2.44. The molecule has 4 nitrogen and oxygen atoms in total. The molecule has 2 aromatic rings. The van der Waals surface area contributed by atoms with E-state index in [4.69, 9.17) is 14.2 Å². The van der Waals surface area contributed by atoms with E-state index in [1.54, 1.807) is 0 Å². The molecule has 4 heteroatoms. The fourth-order valence-corrected chi connectivity index (χ4v) is 5.25. The third-order valence-corrected chi connectivity index (χ3v) is 7.47. The Morgan fingerprint density at radius 1 is 0.750 bits per heavy atom. The van der Waals surface area contributed by atoms with Crippen molar-refractivity contribution in [1.29, 1.82) is 0 Å². The van der Waals surface area contributed by atoms with Crippen molar-refractivity contribution in [2.24, 2.45) is 0 Å². The molecule has 2 aromatic carbocycles. The van der Waals surface area contributed by atoms with Crippen molar-refractivity contribution < 1.29 is 14.2 Å². The standard InChI is InChI=1S/C32H49NO3/c1-4-6-8-9-17-23-36-32(33(3)22-16-7-5-2)25-30(34-26-28-18-12-10-13-19-28)24-31(32)35-27-29-20-14-11-15-21-29/h10-15,18-21,30-31H,4-9,16-17,22-27H2,1-3H3/t30-,31+,32-/m0/s1. The summed E-state index contributed by atoms with van der Waals surface area (Å²) in [6, 6.07) is 21.0. The van der Waals surface area contributed by atoms with E-state index >= 15 is 0 Å². The predicted molar refractivity (Wildman–Crippen MR) is 149 cm³/mol. The lowest BCUT2D eigenvalue weighted by Crippen LogP contribution is -2.55. The van der Waals surface area contributed by atoms with Crippen LogP contribution >= 0.6 is 0 Å².